The van der Waals surface area contributed by atoms with E-state index in [9.17, 15) is 4.79 Å². The molecular weight excluding hydrogens is 152 g/mol. The molecule has 0 spiro atoms. The predicted octanol–water partition coefficient (Wildman–Crippen LogP) is 1.84. The molecule has 0 unspecified atom stereocenters. The van der Waals surface area contributed by atoms with Gasteiger partial charge < -0.3 is 4.74 Å². The van der Waals surface area contributed by atoms with E-state index in [1.165, 1.54) is 7.11 Å². The highest BCUT2D eigenvalue weighted by Gasteiger charge is 2.42. The van der Waals surface area contributed by atoms with E-state index in [4.69, 9.17) is 6.42 Å². The Labute approximate surface area is 74.3 Å². The fraction of sp³-hybridized carbons (Fsp3) is 0.700. The van der Waals surface area contributed by atoms with Gasteiger partial charge in [-0.3, -0.25) is 4.79 Å². The lowest BCUT2D eigenvalue weighted by Crippen LogP contribution is -2.39. The van der Waals surface area contributed by atoms with Crippen molar-refractivity contribution in [3.05, 3.63) is 0 Å². The van der Waals surface area contributed by atoms with Crippen LogP contribution in [0.2, 0.25) is 0 Å². The van der Waals surface area contributed by atoms with Crippen molar-refractivity contribution in [3.8, 4) is 12.3 Å². The maximum atomic E-state index is 11.3. The first-order chi connectivity index (χ1) is 5.29. The molecule has 0 aromatic carbocycles. The van der Waals surface area contributed by atoms with E-state index in [0.29, 0.717) is 0 Å². The van der Waals surface area contributed by atoms with Crippen LogP contribution in [-0.4, -0.2) is 13.1 Å². The number of hydrogen-bond donors (Lipinski definition) is 0. The minimum atomic E-state index is -0.642. The van der Waals surface area contributed by atoms with Gasteiger partial charge in [0.25, 0.3) is 0 Å². The largest absolute Gasteiger partial charge is 0.469 e. The number of carbonyl (C=O) groups excluding carboxylic acids is 1. The van der Waals surface area contributed by atoms with Crippen molar-refractivity contribution in [2.24, 2.45) is 10.8 Å². The zero-order valence-electron chi connectivity index (χ0n) is 8.39. The summed E-state index contributed by atoms with van der Waals surface area (Å²) in [6.45, 7) is 7.28. The van der Waals surface area contributed by atoms with Crippen molar-refractivity contribution in [1.29, 1.82) is 0 Å². The molecule has 0 aliphatic rings. The normalized spacial score (nSPS) is 12.0. The number of methoxy groups -OCH3 is 1. The van der Waals surface area contributed by atoms with Crippen LogP contribution in [0, 0.1) is 23.2 Å². The summed E-state index contributed by atoms with van der Waals surface area (Å²) in [6, 6.07) is 0. The van der Waals surface area contributed by atoms with E-state index in [0.717, 1.165) is 0 Å². The summed E-state index contributed by atoms with van der Waals surface area (Å²) in [5, 5.41) is 0. The lowest BCUT2D eigenvalue weighted by molar-refractivity contribution is -0.155. The van der Waals surface area contributed by atoms with Gasteiger partial charge in [0, 0.05) is 5.41 Å². The number of ether oxygens (including phenoxy) is 1. The monoisotopic (exact) mass is 168 g/mol. The first-order valence-electron chi connectivity index (χ1n) is 3.86. The first kappa shape index (κ1) is 11.0. The van der Waals surface area contributed by atoms with E-state index >= 15 is 0 Å². The van der Waals surface area contributed by atoms with Crippen molar-refractivity contribution < 1.29 is 9.53 Å². The summed E-state index contributed by atoms with van der Waals surface area (Å²) in [6.07, 6.45) is 5.33. The third kappa shape index (κ3) is 1.61. The van der Waals surface area contributed by atoms with E-state index in [-0.39, 0.29) is 5.97 Å². The zero-order valence-corrected chi connectivity index (χ0v) is 8.39. The van der Waals surface area contributed by atoms with Gasteiger partial charge in [-0.1, -0.05) is 5.92 Å². The molecule has 0 radical (unpaired) electrons. The Kier molecular flexibility index (Phi) is 2.93. The molecule has 0 heterocycles. The Morgan fingerprint density at radius 2 is 1.75 bits per heavy atom. The molecule has 0 atom stereocenters. The van der Waals surface area contributed by atoms with Gasteiger partial charge in [-0.05, 0) is 27.7 Å². The highest BCUT2D eigenvalue weighted by molar-refractivity contribution is 5.77. The number of hydrogen-bond acceptors (Lipinski definition) is 2. The highest BCUT2D eigenvalue weighted by Crippen LogP contribution is 2.38. The molecule has 0 saturated heterocycles. The van der Waals surface area contributed by atoms with Crippen LogP contribution in [0.3, 0.4) is 0 Å². The Bertz CT molecular complexity index is 218. The minimum absolute atomic E-state index is 0.273. The van der Waals surface area contributed by atoms with Crippen molar-refractivity contribution in [3.63, 3.8) is 0 Å². The van der Waals surface area contributed by atoms with E-state index < -0.39 is 10.8 Å². The Morgan fingerprint density at radius 1 is 1.33 bits per heavy atom. The van der Waals surface area contributed by atoms with Crippen molar-refractivity contribution in [2.75, 3.05) is 7.11 Å². The van der Waals surface area contributed by atoms with E-state index in [2.05, 4.69) is 10.7 Å². The Morgan fingerprint density at radius 3 is 2.00 bits per heavy atom. The second-order valence-electron chi connectivity index (χ2n) is 3.89. The third-order valence-electron chi connectivity index (χ3n) is 2.62. The van der Waals surface area contributed by atoms with Gasteiger partial charge in [-0.15, -0.1) is 6.42 Å². The van der Waals surface area contributed by atoms with Crippen LogP contribution in [0.5, 0.6) is 0 Å². The van der Waals surface area contributed by atoms with Gasteiger partial charge in [-0.2, -0.15) is 0 Å². The topological polar surface area (TPSA) is 26.3 Å². The number of esters is 1. The minimum Gasteiger partial charge on any atom is -0.469 e. The highest BCUT2D eigenvalue weighted by atomic mass is 16.5. The summed E-state index contributed by atoms with van der Waals surface area (Å²) >= 11 is 0. The molecule has 0 N–H and O–H groups in total. The van der Waals surface area contributed by atoms with Gasteiger partial charge in [0.15, 0.2) is 0 Å². The van der Waals surface area contributed by atoms with Gasteiger partial charge in [-0.25, -0.2) is 0 Å². The molecule has 2 heteroatoms. The SMILES string of the molecule is C#CC(C)(C)C(C)(C)C(=O)OC. The lowest BCUT2D eigenvalue weighted by Gasteiger charge is -2.34. The van der Waals surface area contributed by atoms with Crippen LogP contribution < -0.4 is 0 Å². The average molecular weight is 168 g/mol. The van der Waals surface area contributed by atoms with Crippen LogP contribution in [0.4, 0.5) is 0 Å². The smallest absolute Gasteiger partial charge is 0.312 e. The lowest BCUT2D eigenvalue weighted by atomic mass is 9.68. The van der Waals surface area contributed by atoms with Gasteiger partial charge >= 0.3 is 5.97 Å². The number of rotatable bonds is 2. The third-order valence-corrected chi connectivity index (χ3v) is 2.62. The molecule has 0 aromatic rings. The van der Waals surface area contributed by atoms with Crippen LogP contribution in [-0.2, 0) is 9.53 Å². The summed E-state index contributed by atoms with van der Waals surface area (Å²) < 4.78 is 4.67. The average Bonchev–Trinajstić information content (AvgIpc) is 2.02. The molecule has 12 heavy (non-hydrogen) atoms. The molecular formula is C10H16O2. The molecule has 0 saturated carbocycles. The van der Waals surface area contributed by atoms with Gasteiger partial charge in [0.05, 0.1) is 12.5 Å². The van der Waals surface area contributed by atoms with Crippen LogP contribution in [0.1, 0.15) is 27.7 Å². The van der Waals surface area contributed by atoms with Crippen molar-refractivity contribution in [2.45, 2.75) is 27.7 Å². The Hall–Kier alpha value is -0.970. The molecule has 0 aromatic heterocycles. The molecule has 0 bridgehead atoms. The summed E-state index contributed by atoms with van der Waals surface area (Å²) in [7, 11) is 1.37. The van der Waals surface area contributed by atoms with E-state index in [1.54, 1.807) is 13.8 Å². The fourth-order valence-corrected chi connectivity index (χ4v) is 0.691. The number of terminal acetylenes is 1. The van der Waals surface area contributed by atoms with Crippen molar-refractivity contribution >= 4 is 5.97 Å². The fourth-order valence-electron chi connectivity index (χ4n) is 0.691. The molecule has 2 nitrogen and oxygen atoms in total. The molecule has 0 aliphatic heterocycles. The summed E-state index contributed by atoms with van der Waals surface area (Å²) in [5.74, 6) is 2.32. The zero-order chi connectivity index (χ0) is 9.99. The molecule has 0 amide bonds. The predicted molar refractivity (Wildman–Crippen MR) is 48.4 cm³/mol. The second kappa shape index (κ2) is 3.18. The molecule has 0 aliphatic carbocycles. The van der Waals surface area contributed by atoms with Gasteiger partial charge in [0.2, 0.25) is 0 Å². The van der Waals surface area contributed by atoms with Gasteiger partial charge in [0.1, 0.15) is 0 Å². The standard InChI is InChI=1S/C10H16O2/c1-7-9(2,3)10(4,5)8(11)12-6/h1H,2-6H3. The first-order valence-corrected chi connectivity index (χ1v) is 3.86. The Balaban J connectivity index is 4.87. The maximum absolute atomic E-state index is 11.3. The quantitative estimate of drug-likeness (QED) is 0.464. The number of carbonyl (C=O) groups is 1. The maximum Gasteiger partial charge on any atom is 0.312 e. The van der Waals surface area contributed by atoms with Crippen LogP contribution in [0.25, 0.3) is 0 Å². The van der Waals surface area contributed by atoms with Crippen LogP contribution >= 0.6 is 0 Å². The second-order valence-corrected chi connectivity index (χ2v) is 3.89. The summed E-state index contributed by atoms with van der Waals surface area (Å²) in [5.41, 5.74) is -1.13. The van der Waals surface area contributed by atoms with Crippen LogP contribution in [0.15, 0.2) is 0 Å². The van der Waals surface area contributed by atoms with Crippen molar-refractivity contribution in [1.82, 2.24) is 0 Å². The van der Waals surface area contributed by atoms with E-state index in [1.807, 2.05) is 13.8 Å². The molecule has 68 valence electrons. The molecule has 0 fully saturated rings. The summed E-state index contributed by atoms with van der Waals surface area (Å²) in [4.78, 5) is 11.3. The molecule has 0 rings (SSSR count).